The normalized spacial score (nSPS) is 11.8. The predicted octanol–water partition coefficient (Wildman–Crippen LogP) is 3.84. The number of hydrogen-bond donors (Lipinski definition) is 0. The second kappa shape index (κ2) is 7.38. The van der Waals surface area contributed by atoms with Crippen molar-refractivity contribution in [1.82, 2.24) is 0 Å². The lowest BCUT2D eigenvalue weighted by Crippen LogP contribution is -2.06. The van der Waals surface area contributed by atoms with E-state index in [9.17, 15) is 23.8 Å². The average molecular weight is 407 g/mol. The Morgan fingerprint density at radius 1 is 1.17 bits per heavy atom. The smallest absolute Gasteiger partial charge is 0.258 e. The molecule has 0 atom stereocenters. The van der Waals surface area contributed by atoms with E-state index in [-0.39, 0.29) is 16.3 Å². The number of non-ortho nitro benzene ring substituents is 1. The molecule has 2 aromatic rings. The van der Waals surface area contributed by atoms with Gasteiger partial charge in [-0.3, -0.25) is 10.1 Å². The van der Waals surface area contributed by atoms with Crippen molar-refractivity contribution in [3.8, 4) is 6.07 Å². The van der Waals surface area contributed by atoms with Crippen molar-refractivity contribution in [3.05, 3.63) is 79.2 Å². The second-order valence-electron chi connectivity index (χ2n) is 4.85. The van der Waals surface area contributed by atoms with Gasteiger partial charge in [0.25, 0.3) is 5.69 Å². The summed E-state index contributed by atoms with van der Waals surface area (Å²) in [6, 6.07) is 13.7. The van der Waals surface area contributed by atoms with E-state index in [0.29, 0.717) is 11.1 Å². The van der Waals surface area contributed by atoms with Gasteiger partial charge in [0.05, 0.1) is 10.7 Å². The van der Waals surface area contributed by atoms with Crippen LogP contribution >= 0.6 is 15.9 Å². The fraction of sp³-hybridized carbons (Fsp3) is 0.0625. The van der Waals surface area contributed by atoms with Crippen molar-refractivity contribution in [1.29, 1.82) is 5.26 Å². The molecule has 0 aliphatic rings. The number of nitro benzene ring substituents is 1. The van der Waals surface area contributed by atoms with Crippen LogP contribution in [0, 0.1) is 21.4 Å². The fourth-order valence-corrected chi connectivity index (χ4v) is 3.42. The first kappa shape index (κ1) is 17.8. The van der Waals surface area contributed by atoms with Crippen LogP contribution in [0.25, 0.3) is 6.08 Å². The third-order valence-electron chi connectivity index (χ3n) is 3.12. The van der Waals surface area contributed by atoms with E-state index in [0.717, 1.165) is 4.47 Å². The molecule has 8 heteroatoms. The third-order valence-corrected chi connectivity index (χ3v) is 5.24. The van der Waals surface area contributed by atoms with Crippen molar-refractivity contribution in [3.63, 3.8) is 0 Å². The summed E-state index contributed by atoms with van der Waals surface area (Å²) in [7, 11) is -3.81. The summed E-state index contributed by atoms with van der Waals surface area (Å²) >= 11 is 3.27. The van der Waals surface area contributed by atoms with Gasteiger partial charge in [-0.1, -0.05) is 28.1 Å². The van der Waals surface area contributed by atoms with E-state index < -0.39 is 14.8 Å². The molecular formula is C16H11BrN2O4S. The van der Waals surface area contributed by atoms with E-state index in [1.165, 1.54) is 30.3 Å². The predicted molar refractivity (Wildman–Crippen MR) is 93.5 cm³/mol. The Hall–Kier alpha value is -2.50. The van der Waals surface area contributed by atoms with Crippen LogP contribution in [-0.4, -0.2) is 13.3 Å². The lowest BCUT2D eigenvalue weighted by molar-refractivity contribution is -0.384. The van der Waals surface area contributed by atoms with E-state index >= 15 is 0 Å². The number of nitrogens with zero attached hydrogens (tertiary/aromatic N) is 2. The maximum atomic E-state index is 12.4. The molecule has 2 aromatic carbocycles. The Labute approximate surface area is 147 Å². The SMILES string of the molecule is N#C/C(=C/c1ccc([N+](=O)[O-])cc1)S(=O)(=O)Cc1ccc(Br)cc1. The summed E-state index contributed by atoms with van der Waals surface area (Å²) < 4.78 is 25.6. The number of sulfone groups is 1. The zero-order chi connectivity index (χ0) is 17.7. The van der Waals surface area contributed by atoms with Crippen LogP contribution < -0.4 is 0 Å². The topological polar surface area (TPSA) is 101 Å². The maximum absolute atomic E-state index is 12.4. The Balaban J connectivity index is 2.30. The Kier molecular flexibility index (Phi) is 5.49. The van der Waals surface area contributed by atoms with Gasteiger partial charge in [-0.2, -0.15) is 5.26 Å². The summed E-state index contributed by atoms with van der Waals surface area (Å²) in [4.78, 5) is 9.67. The molecule has 0 spiro atoms. The standard InChI is InChI=1S/C16H11BrN2O4S/c17-14-5-1-13(2-6-14)11-24(22,23)16(10-18)9-12-3-7-15(8-4-12)19(20)21/h1-9H,11H2/b16-9-. The summed E-state index contributed by atoms with van der Waals surface area (Å²) in [5.74, 6) is -0.299. The molecule has 2 rings (SSSR count). The maximum Gasteiger partial charge on any atom is 0.269 e. The number of allylic oxidation sites excluding steroid dienone is 1. The van der Waals surface area contributed by atoms with E-state index in [4.69, 9.17) is 0 Å². The number of nitriles is 1. The average Bonchev–Trinajstić information content (AvgIpc) is 2.54. The highest BCUT2D eigenvalue weighted by molar-refractivity contribution is 9.10. The van der Waals surface area contributed by atoms with Crippen molar-refractivity contribution in [2.75, 3.05) is 0 Å². The van der Waals surface area contributed by atoms with Gasteiger partial charge in [-0.05, 0) is 41.5 Å². The van der Waals surface area contributed by atoms with E-state index in [1.54, 1.807) is 30.3 Å². The van der Waals surface area contributed by atoms with Crippen LogP contribution in [0.1, 0.15) is 11.1 Å². The molecule has 0 fully saturated rings. The molecule has 0 radical (unpaired) electrons. The Morgan fingerprint density at radius 3 is 2.25 bits per heavy atom. The van der Waals surface area contributed by atoms with Crippen molar-refractivity contribution in [2.24, 2.45) is 0 Å². The third kappa shape index (κ3) is 4.50. The molecule has 0 heterocycles. The number of rotatable bonds is 5. The Bertz CT molecular complexity index is 928. The minimum atomic E-state index is -3.81. The molecule has 0 aliphatic carbocycles. The van der Waals surface area contributed by atoms with Gasteiger partial charge < -0.3 is 0 Å². The summed E-state index contributed by atoms with van der Waals surface area (Å²) in [5, 5.41) is 19.8. The lowest BCUT2D eigenvalue weighted by Gasteiger charge is -2.04. The summed E-state index contributed by atoms with van der Waals surface area (Å²) in [6.07, 6.45) is 1.21. The first-order chi connectivity index (χ1) is 11.3. The zero-order valence-electron chi connectivity index (χ0n) is 12.2. The van der Waals surface area contributed by atoms with Gasteiger partial charge in [0.1, 0.15) is 11.0 Å². The zero-order valence-corrected chi connectivity index (χ0v) is 14.6. The van der Waals surface area contributed by atoms with Gasteiger partial charge in [0, 0.05) is 16.6 Å². The highest BCUT2D eigenvalue weighted by Crippen LogP contribution is 2.20. The van der Waals surface area contributed by atoms with Crippen LogP contribution in [0.15, 0.2) is 57.9 Å². The van der Waals surface area contributed by atoms with Gasteiger partial charge in [-0.25, -0.2) is 8.42 Å². The van der Waals surface area contributed by atoms with Crippen LogP contribution in [0.3, 0.4) is 0 Å². The van der Waals surface area contributed by atoms with Gasteiger partial charge in [0.15, 0.2) is 9.84 Å². The molecule has 0 bridgehead atoms. The molecule has 0 saturated carbocycles. The number of halogens is 1. The van der Waals surface area contributed by atoms with Crippen molar-refractivity contribution < 1.29 is 13.3 Å². The molecule has 122 valence electrons. The molecular weight excluding hydrogens is 396 g/mol. The quantitative estimate of drug-likeness (QED) is 0.426. The summed E-state index contributed by atoms with van der Waals surface area (Å²) in [5.41, 5.74) is 0.850. The van der Waals surface area contributed by atoms with Crippen LogP contribution in [-0.2, 0) is 15.6 Å². The van der Waals surface area contributed by atoms with E-state index in [1.807, 2.05) is 0 Å². The van der Waals surface area contributed by atoms with Crippen LogP contribution in [0.4, 0.5) is 5.69 Å². The molecule has 0 amide bonds. The fourth-order valence-electron chi connectivity index (χ4n) is 1.91. The number of benzene rings is 2. The van der Waals surface area contributed by atoms with Crippen LogP contribution in [0.2, 0.25) is 0 Å². The van der Waals surface area contributed by atoms with Crippen molar-refractivity contribution >= 4 is 37.5 Å². The molecule has 6 nitrogen and oxygen atoms in total. The first-order valence-corrected chi connectivity index (χ1v) is 9.10. The molecule has 0 aromatic heterocycles. The second-order valence-corrected chi connectivity index (χ2v) is 7.73. The molecule has 0 unspecified atom stereocenters. The monoisotopic (exact) mass is 406 g/mol. The molecule has 0 aliphatic heterocycles. The van der Waals surface area contributed by atoms with Crippen molar-refractivity contribution in [2.45, 2.75) is 5.75 Å². The van der Waals surface area contributed by atoms with E-state index in [2.05, 4.69) is 15.9 Å². The Morgan fingerprint density at radius 2 is 1.75 bits per heavy atom. The minimum Gasteiger partial charge on any atom is -0.258 e. The molecule has 0 saturated heterocycles. The highest BCUT2D eigenvalue weighted by Gasteiger charge is 2.19. The minimum absolute atomic E-state index is 0.108. The highest BCUT2D eigenvalue weighted by atomic mass is 79.9. The number of nitro groups is 1. The van der Waals surface area contributed by atoms with Gasteiger partial charge in [-0.15, -0.1) is 0 Å². The molecule has 0 N–H and O–H groups in total. The lowest BCUT2D eigenvalue weighted by atomic mass is 10.2. The number of hydrogen-bond acceptors (Lipinski definition) is 5. The largest absolute Gasteiger partial charge is 0.269 e. The van der Waals surface area contributed by atoms with Gasteiger partial charge >= 0.3 is 0 Å². The van der Waals surface area contributed by atoms with Gasteiger partial charge in [0.2, 0.25) is 0 Å². The first-order valence-electron chi connectivity index (χ1n) is 6.65. The van der Waals surface area contributed by atoms with Crippen LogP contribution in [0.5, 0.6) is 0 Å². The molecule has 24 heavy (non-hydrogen) atoms. The summed E-state index contributed by atoms with van der Waals surface area (Å²) in [6.45, 7) is 0.